The van der Waals surface area contributed by atoms with E-state index in [9.17, 15) is 18.0 Å². The van der Waals surface area contributed by atoms with Gasteiger partial charge in [-0.1, -0.05) is 0 Å². The molecule has 1 aliphatic rings. The Kier molecular flexibility index (Phi) is 5.95. The van der Waals surface area contributed by atoms with Crippen LogP contribution in [0.5, 0.6) is 0 Å². The average molecular weight is 382 g/mol. The molecule has 1 aliphatic heterocycles. The van der Waals surface area contributed by atoms with E-state index >= 15 is 0 Å². The summed E-state index contributed by atoms with van der Waals surface area (Å²) in [4.78, 5) is 26.3. The molecule has 0 atom stereocenters. The highest BCUT2D eigenvalue weighted by Crippen LogP contribution is 2.17. The maximum Gasteiger partial charge on any atom is 0.407 e. The molecule has 0 saturated carbocycles. The molecule has 2 amide bonds. The normalized spacial score (nSPS) is 16.2. The number of benzene rings is 1. The van der Waals surface area contributed by atoms with Crippen molar-refractivity contribution in [3.8, 4) is 0 Å². The van der Waals surface area contributed by atoms with Crippen molar-refractivity contribution in [3.05, 3.63) is 29.8 Å². The lowest BCUT2D eigenvalue weighted by molar-refractivity contribution is 0.0473. The van der Waals surface area contributed by atoms with E-state index in [1.165, 1.54) is 24.3 Å². The summed E-state index contributed by atoms with van der Waals surface area (Å²) in [6.07, 6.45) is 1.98. The maximum absolute atomic E-state index is 12.5. The molecule has 26 heavy (non-hydrogen) atoms. The lowest BCUT2D eigenvalue weighted by Gasteiger charge is -2.33. The molecule has 0 aromatic heterocycles. The Morgan fingerprint density at radius 3 is 2.12 bits per heavy atom. The average Bonchev–Trinajstić information content (AvgIpc) is 2.52. The Bertz CT molecular complexity index is 758. The maximum atomic E-state index is 12.5. The van der Waals surface area contributed by atoms with E-state index in [1.807, 2.05) is 20.8 Å². The lowest BCUT2D eigenvalue weighted by Crippen LogP contribution is -2.47. The fourth-order valence-corrected chi connectivity index (χ4v) is 3.36. The standard InChI is InChI=1S/C18H26N2O5S/c1-18(2,3)25-17(22)19-14-9-11-20(12-10-14)16(21)13-5-7-15(8-6-13)26(4,23)24/h5-8,14H,9-12H2,1-4H3,(H,19,22). The van der Waals surface area contributed by atoms with Crippen LogP contribution in [0.4, 0.5) is 4.79 Å². The summed E-state index contributed by atoms with van der Waals surface area (Å²) in [7, 11) is -3.28. The third-order valence-corrected chi connectivity index (χ3v) is 5.16. The van der Waals surface area contributed by atoms with Crippen LogP contribution in [0, 0.1) is 0 Å². The molecule has 1 aromatic carbocycles. The van der Waals surface area contributed by atoms with Crippen LogP contribution in [-0.4, -0.2) is 56.3 Å². The summed E-state index contributed by atoms with van der Waals surface area (Å²) >= 11 is 0. The number of amides is 2. The Balaban J connectivity index is 1.89. The largest absolute Gasteiger partial charge is 0.444 e. The van der Waals surface area contributed by atoms with Crippen molar-refractivity contribution in [2.75, 3.05) is 19.3 Å². The molecule has 1 fully saturated rings. The highest BCUT2D eigenvalue weighted by molar-refractivity contribution is 7.90. The molecule has 8 heteroatoms. The third kappa shape index (κ3) is 5.72. The van der Waals surface area contributed by atoms with Crippen molar-refractivity contribution in [3.63, 3.8) is 0 Å². The van der Waals surface area contributed by atoms with Crippen LogP contribution in [0.2, 0.25) is 0 Å². The molecule has 144 valence electrons. The zero-order chi connectivity index (χ0) is 19.5. The minimum absolute atomic E-state index is 0.0264. The van der Waals surface area contributed by atoms with Crippen LogP contribution >= 0.6 is 0 Å². The number of carbonyl (C=O) groups is 2. The van der Waals surface area contributed by atoms with Crippen LogP contribution in [-0.2, 0) is 14.6 Å². The molecule has 7 nitrogen and oxygen atoms in total. The first-order valence-electron chi connectivity index (χ1n) is 8.54. The summed E-state index contributed by atoms with van der Waals surface area (Å²) < 4.78 is 28.2. The van der Waals surface area contributed by atoms with Gasteiger partial charge in [-0.3, -0.25) is 4.79 Å². The molecule has 1 saturated heterocycles. The number of sulfone groups is 1. The summed E-state index contributed by atoms with van der Waals surface area (Å²) in [5.41, 5.74) is -0.0882. The summed E-state index contributed by atoms with van der Waals surface area (Å²) in [6, 6.07) is 5.92. The van der Waals surface area contributed by atoms with Gasteiger partial charge in [-0.25, -0.2) is 13.2 Å². The number of ether oxygens (including phenoxy) is 1. The van der Waals surface area contributed by atoms with Crippen molar-refractivity contribution >= 4 is 21.8 Å². The van der Waals surface area contributed by atoms with E-state index in [1.54, 1.807) is 4.90 Å². The molecule has 0 radical (unpaired) electrons. The first-order valence-corrected chi connectivity index (χ1v) is 10.4. The van der Waals surface area contributed by atoms with Crippen LogP contribution in [0.25, 0.3) is 0 Å². The third-order valence-electron chi connectivity index (χ3n) is 4.03. The monoisotopic (exact) mass is 382 g/mol. The van der Waals surface area contributed by atoms with E-state index in [2.05, 4.69) is 5.32 Å². The number of rotatable bonds is 3. The number of hydrogen-bond acceptors (Lipinski definition) is 5. The van der Waals surface area contributed by atoms with Crippen molar-refractivity contribution < 1.29 is 22.7 Å². The number of alkyl carbamates (subject to hydrolysis) is 1. The van der Waals surface area contributed by atoms with E-state index in [4.69, 9.17) is 4.74 Å². The second-order valence-electron chi connectivity index (χ2n) is 7.51. The molecular weight excluding hydrogens is 356 g/mol. The zero-order valence-corrected chi connectivity index (χ0v) is 16.4. The van der Waals surface area contributed by atoms with Gasteiger partial charge in [0.1, 0.15) is 5.60 Å². The molecule has 0 spiro atoms. The Morgan fingerprint density at radius 1 is 1.12 bits per heavy atom. The number of nitrogens with zero attached hydrogens (tertiary/aromatic N) is 1. The summed E-state index contributed by atoms with van der Waals surface area (Å²) in [6.45, 7) is 6.47. The lowest BCUT2D eigenvalue weighted by atomic mass is 10.0. The predicted molar refractivity (Wildman–Crippen MR) is 97.8 cm³/mol. The minimum Gasteiger partial charge on any atom is -0.444 e. The van der Waals surface area contributed by atoms with Gasteiger partial charge in [-0.2, -0.15) is 0 Å². The van der Waals surface area contributed by atoms with Gasteiger partial charge in [0.15, 0.2) is 9.84 Å². The molecule has 1 N–H and O–H groups in total. The van der Waals surface area contributed by atoms with Gasteiger partial charge < -0.3 is 15.0 Å². The fraction of sp³-hybridized carbons (Fsp3) is 0.556. The quantitative estimate of drug-likeness (QED) is 0.865. The van der Waals surface area contributed by atoms with Crippen LogP contribution in [0.3, 0.4) is 0 Å². The number of hydrogen-bond donors (Lipinski definition) is 1. The Labute approximate surface area is 154 Å². The van der Waals surface area contributed by atoms with Gasteiger partial charge in [0.2, 0.25) is 0 Å². The summed E-state index contributed by atoms with van der Waals surface area (Å²) in [5, 5.41) is 2.83. The molecule has 2 rings (SSSR count). The minimum atomic E-state index is -3.28. The number of likely N-dealkylation sites (tertiary alicyclic amines) is 1. The van der Waals surface area contributed by atoms with E-state index < -0.39 is 21.5 Å². The summed E-state index contributed by atoms with van der Waals surface area (Å²) in [5.74, 6) is -0.138. The van der Waals surface area contributed by atoms with Crippen LogP contribution in [0.15, 0.2) is 29.2 Å². The second-order valence-corrected chi connectivity index (χ2v) is 9.52. The number of nitrogens with one attached hydrogen (secondary N) is 1. The SMILES string of the molecule is CC(C)(C)OC(=O)NC1CCN(C(=O)c2ccc(S(C)(=O)=O)cc2)CC1. The first-order chi connectivity index (χ1) is 12.0. The second kappa shape index (κ2) is 7.65. The van der Waals surface area contributed by atoms with Crippen LogP contribution < -0.4 is 5.32 Å². The number of piperidine rings is 1. The van der Waals surface area contributed by atoms with Gasteiger partial charge in [-0.15, -0.1) is 0 Å². The van der Waals surface area contributed by atoms with E-state index in [0.717, 1.165) is 6.26 Å². The van der Waals surface area contributed by atoms with Crippen molar-refractivity contribution in [1.82, 2.24) is 10.2 Å². The fourth-order valence-electron chi connectivity index (χ4n) is 2.73. The highest BCUT2D eigenvalue weighted by atomic mass is 32.2. The molecular formula is C18H26N2O5S. The smallest absolute Gasteiger partial charge is 0.407 e. The van der Waals surface area contributed by atoms with Gasteiger partial charge in [0.05, 0.1) is 4.90 Å². The Hall–Kier alpha value is -2.09. The highest BCUT2D eigenvalue weighted by Gasteiger charge is 2.26. The van der Waals surface area contributed by atoms with Gasteiger partial charge in [0.25, 0.3) is 5.91 Å². The van der Waals surface area contributed by atoms with Crippen LogP contribution in [0.1, 0.15) is 44.0 Å². The topological polar surface area (TPSA) is 92.8 Å². The van der Waals surface area contributed by atoms with E-state index in [-0.39, 0.29) is 16.8 Å². The Morgan fingerprint density at radius 2 is 1.65 bits per heavy atom. The zero-order valence-electron chi connectivity index (χ0n) is 15.6. The molecule has 1 aromatic rings. The van der Waals surface area contributed by atoms with Gasteiger partial charge >= 0.3 is 6.09 Å². The molecule has 0 unspecified atom stereocenters. The van der Waals surface area contributed by atoms with Gasteiger partial charge in [-0.05, 0) is 57.9 Å². The number of carbonyl (C=O) groups excluding carboxylic acids is 2. The first kappa shape index (κ1) is 20.2. The molecule has 0 aliphatic carbocycles. The van der Waals surface area contributed by atoms with Gasteiger partial charge in [0, 0.05) is 31.0 Å². The van der Waals surface area contributed by atoms with Crippen molar-refractivity contribution in [1.29, 1.82) is 0 Å². The molecule has 0 bridgehead atoms. The molecule has 1 heterocycles. The van der Waals surface area contributed by atoms with Crippen molar-refractivity contribution in [2.45, 2.75) is 50.2 Å². The van der Waals surface area contributed by atoms with Crippen molar-refractivity contribution in [2.24, 2.45) is 0 Å². The predicted octanol–water partition coefficient (Wildman–Crippen LogP) is 2.22. The van der Waals surface area contributed by atoms with E-state index in [0.29, 0.717) is 31.5 Å².